The van der Waals surface area contributed by atoms with Gasteiger partial charge >= 0.3 is 5.97 Å². The molecule has 0 bridgehead atoms. The summed E-state index contributed by atoms with van der Waals surface area (Å²) in [7, 11) is 0. The van der Waals surface area contributed by atoms with E-state index in [0.29, 0.717) is 6.54 Å². The molecule has 2 aromatic heterocycles. The minimum atomic E-state index is -0.915. The van der Waals surface area contributed by atoms with Crippen LogP contribution < -0.4 is 0 Å². The molecular weight excluding hydrogens is 458 g/mol. The predicted octanol–water partition coefficient (Wildman–Crippen LogP) is 6.81. The van der Waals surface area contributed by atoms with Gasteiger partial charge in [-0.15, -0.1) is 0 Å². The van der Waals surface area contributed by atoms with E-state index in [1.54, 1.807) is 18.3 Å². The van der Waals surface area contributed by atoms with Gasteiger partial charge in [-0.25, -0.2) is 4.79 Å². The molecule has 2 aliphatic rings. The van der Waals surface area contributed by atoms with Crippen molar-refractivity contribution in [2.24, 2.45) is 0 Å². The zero-order valence-electron chi connectivity index (χ0n) is 22.0. The summed E-state index contributed by atoms with van der Waals surface area (Å²) < 4.78 is 2.08. The molecule has 2 heterocycles. The molecule has 2 aromatic carbocycles. The van der Waals surface area contributed by atoms with Crippen LogP contribution in [0.5, 0.6) is 0 Å². The number of carboxylic acid groups (broad SMARTS) is 1. The maximum atomic E-state index is 11.5. The molecule has 0 saturated carbocycles. The fourth-order valence-electron chi connectivity index (χ4n) is 6.17. The predicted molar refractivity (Wildman–Crippen MR) is 146 cm³/mol. The van der Waals surface area contributed by atoms with Crippen molar-refractivity contribution >= 4 is 5.97 Å². The van der Waals surface area contributed by atoms with Gasteiger partial charge < -0.3 is 5.11 Å². The molecule has 6 rings (SSSR count). The number of fused-ring (bicyclic) bond motifs is 4. The number of aryl methyl sites for hydroxylation is 1. The Labute approximate surface area is 218 Å². The fraction of sp³-hybridized carbons (Fsp3) is 0.344. The van der Waals surface area contributed by atoms with Crippen LogP contribution in [0, 0.1) is 0 Å². The van der Waals surface area contributed by atoms with Crippen molar-refractivity contribution in [3.8, 4) is 22.5 Å². The maximum absolute atomic E-state index is 11.5. The Hall–Kier alpha value is -3.73. The van der Waals surface area contributed by atoms with Crippen molar-refractivity contribution in [2.75, 3.05) is 0 Å². The van der Waals surface area contributed by atoms with E-state index in [9.17, 15) is 9.90 Å². The number of pyridine rings is 1. The molecule has 5 nitrogen and oxygen atoms in total. The van der Waals surface area contributed by atoms with Gasteiger partial charge in [-0.1, -0.05) is 52.0 Å². The summed E-state index contributed by atoms with van der Waals surface area (Å²) in [6.45, 7) is 10.1. The minimum absolute atomic E-state index is 0.130. The monoisotopic (exact) mass is 491 g/mol. The van der Waals surface area contributed by atoms with Crippen molar-refractivity contribution in [1.82, 2.24) is 14.8 Å². The molecule has 0 aliphatic heterocycles. The van der Waals surface area contributed by atoms with Crippen LogP contribution in [-0.4, -0.2) is 25.8 Å². The van der Waals surface area contributed by atoms with Gasteiger partial charge in [0.25, 0.3) is 0 Å². The topological polar surface area (TPSA) is 68.0 Å². The number of aromatic nitrogens is 3. The summed E-state index contributed by atoms with van der Waals surface area (Å²) in [6.07, 6.45) is 7.93. The molecule has 5 heteroatoms. The maximum Gasteiger partial charge on any atom is 0.335 e. The van der Waals surface area contributed by atoms with Crippen LogP contribution >= 0.6 is 0 Å². The first-order chi connectivity index (χ1) is 17.6. The zero-order valence-corrected chi connectivity index (χ0v) is 22.0. The summed E-state index contributed by atoms with van der Waals surface area (Å²) >= 11 is 0. The lowest BCUT2D eigenvalue weighted by atomic mass is 9.62. The molecule has 1 N–H and O–H groups in total. The number of aromatic carboxylic acids is 1. The fourth-order valence-corrected chi connectivity index (χ4v) is 6.17. The third-order valence-corrected chi connectivity index (χ3v) is 8.49. The Morgan fingerprint density at radius 3 is 2.32 bits per heavy atom. The van der Waals surface area contributed by atoms with Crippen molar-refractivity contribution in [1.29, 1.82) is 0 Å². The molecule has 2 aliphatic carbocycles. The van der Waals surface area contributed by atoms with Gasteiger partial charge in [-0.05, 0) is 83.0 Å². The number of hydrogen-bond acceptors (Lipinski definition) is 3. The van der Waals surface area contributed by atoms with E-state index in [0.717, 1.165) is 35.4 Å². The number of rotatable bonds is 4. The standard InChI is InChI=1S/C32H33N3O2/c1-31(2)13-14-32(3,4)27-17-25-23(16-26(27)31)11-12-24-28(25)34-35(19-20-6-5-15-33-18-20)29(24)21-7-9-22(10-8-21)30(36)37/h5-10,15-18H,11-14,19H2,1-4H3,(H,36,37). The van der Waals surface area contributed by atoms with Gasteiger partial charge in [0.2, 0.25) is 0 Å². The van der Waals surface area contributed by atoms with E-state index < -0.39 is 5.97 Å². The molecule has 0 radical (unpaired) electrons. The van der Waals surface area contributed by atoms with Crippen LogP contribution in [0.25, 0.3) is 22.5 Å². The van der Waals surface area contributed by atoms with Gasteiger partial charge in [0.1, 0.15) is 0 Å². The molecular formula is C32H33N3O2. The normalized spacial score (nSPS) is 17.0. The van der Waals surface area contributed by atoms with Crippen LogP contribution in [0.1, 0.15) is 78.7 Å². The number of carbonyl (C=O) groups is 1. The second-order valence-corrected chi connectivity index (χ2v) is 11.9. The lowest BCUT2D eigenvalue weighted by Crippen LogP contribution is -2.34. The molecule has 0 saturated heterocycles. The Bertz CT molecular complexity index is 1510. The second kappa shape index (κ2) is 8.41. The molecule has 0 spiro atoms. The van der Waals surface area contributed by atoms with E-state index in [-0.39, 0.29) is 16.4 Å². The smallest absolute Gasteiger partial charge is 0.335 e. The quantitative estimate of drug-likeness (QED) is 0.341. The highest BCUT2D eigenvalue weighted by molar-refractivity contribution is 5.88. The third-order valence-electron chi connectivity index (χ3n) is 8.49. The average Bonchev–Trinajstić information content (AvgIpc) is 3.25. The highest BCUT2D eigenvalue weighted by atomic mass is 16.4. The summed E-state index contributed by atoms with van der Waals surface area (Å²) in [6, 6.07) is 16.1. The SMILES string of the molecule is CC1(C)CCC(C)(C)c2cc3c(cc21)CCc1c-3nn(Cc2cccnc2)c1-c1ccc(C(=O)O)cc1. The van der Waals surface area contributed by atoms with Crippen LogP contribution in [0.2, 0.25) is 0 Å². The second-order valence-electron chi connectivity index (χ2n) is 11.9. The lowest BCUT2D eigenvalue weighted by molar-refractivity contribution is 0.0697. The van der Waals surface area contributed by atoms with Gasteiger partial charge in [0, 0.05) is 29.1 Å². The van der Waals surface area contributed by atoms with Crippen LogP contribution in [0.15, 0.2) is 60.9 Å². The molecule has 37 heavy (non-hydrogen) atoms. The van der Waals surface area contributed by atoms with Gasteiger partial charge in [0.05, 0.1) is 23.5 Å². The first-order valence-corrected chi connectivity index (χ1v) is 13.1. The molecule has 0 atom stereocenters. The van der Waals surface area contributed by atoms with Crippen molar-refractivity contribution in [2.45, 2.75) is 70.8 Å². The van der Waals surface area contributed by atoms with Gasteiger partial charge in [-0.2, -0.15) is 5.10 Å². The van der Waals surface area contributed by atoms with Crippen LogP contribution in [0.4, 0.5) is 0 Å². The molecule has 188 valence electrons. The van der Waals surface area contributed by atoms with E-state index in [1.165, 1.54) is 40.7 Å². The summed E-state index contributed by atoms with van der Waals surface area (Å²) in [5.74, 6) is -0.915. The number of hydrogen-bond donors (Lipinski definition) is 1. The van der Waals surface area contributed by atoms with Gasteiger partial charge in [0.15, 0.2) is 0 Å². The Morgan fingerprint density at radius 2 is 1.68 bits per heavy atom. The van der Waals surface area contributed by atoms with E-state index >= 15 is 0 Å². The molecule has 0 unspecified atom stereocenters. The number of benzene rings is 2. The highest BCUT2D eigenvalue weighted by Crippen LogP contribution is 2.49. The number of carboxylic acids is 1. The summed E-state index contributed by atoms with van der Waals surface area (Å²) in [5, 5.41) is 14.6. The molecule has 4 aromatic rings. The Balaban J connectivity index is 1.55. The van der Waals surface area contributed by atoms with E-state index in [1.807, 2.05) is 24.4 Å². The van der Waals surface area contributed by atoms with Crippen molar-refractivity contribution in [3.63, 3.8) is 0 Å². The largest absolute Gasteiger partial charge is 0.478 e. The average molecular weight is 492 g/mol. The molecule has 0 fully saturated rings. The summed E-state index contributed by atoms with van der Waals surface area (Å²) in [4.78, 5) is 15.8. The highest BCUT2D eigenvalue weighted by Gasteiger charge is 2.39. The van der Waals surface area contributed by atoms with Crippen molar-refractivity contribution < 1.29 is 9.90 Å². The molecule has 0 amide bonds. The van der Waals surface area contributed by atoms with Crippen molar-refractivity contribution in [3.05, 3.63) is 94.3 Å². The first kappa shape index (κ1) is 23.7. The summed E-state index contributed by atoms with van der Waals surface area (Å²) in [5.41, 5.74) is 11.6. The van der Waals surface area contributed by atoms with Crippen LogP contribution in [0.3, 0.4) is 0 Å². The van der Waals surface area contributed by atoms with E-state index in [2.05, 4.69) is 55.6 Å². The zero-order chi connectivity index (χ0) is 25.9. The lowest BCUT2D eigenvalue weighted by Gasteiger charge is -2.42. The van der Waals surface area contributed by atoms with Gasteiger partial charge in [-0.3, -0.25) is 9.67 Å². The first-order valence-electron chi connectivity index (χ1n) is 13.1. The van der Waals surface area contributed by atoms with E-state index in [4.69, 9.17) is 5.10 Å². The Morgan fingerprint density at radius 1 is 0.973 bits per heavy atom. The minimum Gasteiger partial charge on any atom is -0.478 e. The number of nitrogens with zero attached hydrogens (tertiary/aromatic N) is 3. The Kier molecular flexibility index (Phi) is 5.37. The van der Waals surface area contributed by atoms with Crippen LogP contribution in [-0.2, 0) is 30.2 Å². The third kappa shape index (κ3) is 3.97.